The monoisotopic (exact) mass is 429 g/mol. The Balaban J connectivity index is 1.61. The lowest BCUT2D eigenvalue weighted by Crippen LogP contribution is -2.47. The van der Waals surface area contributed by atoms with E-state index < -0.39 is 10.0 Å². The van der Waals surface area contributed by atoms with Gasteiger partial charge in [-0.05, 0) is 44.9 Å². The summed E-state index contributed by atoms with van der Waals surface area (Å²) < 4.78 is 27.5. The maximum atomic E-state index is 13.0. The number of nitrogens with zero attached hydrogens (tertiary/aromatic N) is 2. The van der Waals surface area contributed by atoms with E-state index in [9.17, 15) is 13.2 Å². The van der Waals surface area contributed by atoms with Gasteiger partial charge in [0, 0.05) is 26.2 Å². The topological polar surface area (TPSA) is 69.7 Å². The molecule has 1 saturated heterocycles. The van der Waals surface area contributed by atoms with E-state index in [4.69, 9.17) is 0 Å². The van der Waals surface area contributed by atoms with Crippen molar-refractivity contribution in [2.24, 2.45) is 0 Å². The largest absolute Gasteiger partial charge is 0.348 e. The van der Waals surface area contributed by atoms with Crippen molar-refractivity contribution in [3.8, 4) is 0 Å². The van der Waals surface area contributed by atoms with Crippen molar-refractivity contribution < 1.29 is 13.2 Å². The summed E-state index contributed by atoms with van der Waals surface area (Å²) in [6, 6.07) is 16.4. The molecule has 30 heavy (non-hydrogen) atoms. The van der Waals surface area contributed by atoms with E-state index in [1.165, 1.54) is 4.31 Å². The zero-order chi connectivity index (χ0) is 21.7. The minimum atomic E-state index is -3.52. The van der Waals surface area contributed by atoms with Crippen molar-refractivity contribution in [1.29, 1.82) is 0 Å². The lowest BCUT2D eigenvalue weighted by molar-refractivity contribution is -0.126. The highest BCUT2D eigenvalue weighted by molar-refractivity contribution is 7.89. The third-order valence-electron chi connectivity index (χ3n) is 5.73. The molecule has 0 spiro atoms. The van der Waals surface area contributed by atoms with Gasteiger partial charge in [-0.25, -0.2) is 8.42 Å². The normalized spacial score (nSPS) is 18.4. The Bertz CT molecular complexity index is 945. The number of hydrogen-bond acceptors (Lipinski definition) is 4. The van der Waals surface area contributed by atoms with Gasteiger partial charge in [0.15, 0.2) is 0 Å². The second-order valence-corrected chi connectivity index (χ2v) is 9.86. The van der Waals surface area contributed by atoms with Crippen LogP contribution in [-0.2, 0) is 14.8 Å². The van der Waals surface area contributed by atoms with Gasteiger partial charge in [-0.2, -0.15) is 4.31 Å². The van der Waals surface area contributed by atoms with Gasteiger partial charge in [-0.1, -0.05) is 48.0 Å². The summed E-state index contributed by atoms with van der Waals surface area (Å²) in [5.74, 6) is -0.0406. The highest BCUT2D eigenvalue weighted by Gasteiger charge is 2.30. The molecule has 3 rings (SSSR count). The van der Waals surface area contributed by atoms with Crippen molar-refractivity contribution in [2.75, 3.05) is 26.2 Å². The van der Waals surface area contributed by atoms with Crippen LogP contribution in [0.4, 0.5) is 0 Å². The number of sulfonamides is 1. The Morgan fingerprint density at radius 2 is 1.60 bits per heavy atom. The standard InChI is InChI=1S/C23H31N3O3S/c1-18-10-12-22(13-11-18)30(28,29)26-15-7-14-25(16-17-26)20(3)23(27)24-19(2)21-8-5-4-6-9-21/h4-6,8-13,19-20H,7,14-17H2,1-3H3,(H,24,27)/t19-,20+/m1/s1. The molecule has 2 atom stereocenters. The SMILES string of the molecule is Cc1ccc(S(=O)(=O)N2CCCN([C@@H](C)C(=O)N[C@H](C)c3ccccc3)CC2)cc1. The summed E-state index contributed by atoms with van der Waals surface area (Å²) in [6.45, 7) is 7.85. The molecule has 7 heteroatoms. The van der Waals surface area contributed by atoms with Gasteiger partial charge < -0.3 is 5.32 Å². The average Bonchev–Trinajstić information content (AvgIpc) is 3.01. The first-order chi connectivity index (χ1) is 14.3. The number of carbonyl (C=O) groups is 1. The average molecular weight is 430 g/mol. The quantitative estimate of drug-likeness (QED) is 0.767. The van der Waals surface area contributed by atoms with Gasteiger partial charge in [0.25, 0.3) is 0 Å². The molecule has 6 nitrogen and oxygen atoms in total. The van der Waals surface area contributed by atoms with Gasteiger partial charge in [-0.15, -0.1) is 0 Å². The van der Waals surface area contributed by atoms with E-state index in [-0.39, 0.29) is 18.0 Å². The van der Waals surface area contributed by atoms with Crippen LogP contribution < -0.4 is 5.32 Å². The lowest BCUT2D eigenvalue weighted by atomic mass is 10.1. The van der Waals surface area contributed by atoms with E-state index in [1.807, 2.05) is 63.2 Å². The van der Waals surface area contributed by atoms with Crippen LogP contribution in [0.3, 0.4) is 0 Å². The smallest absolute Gasteiger partial charge is 0.243 e. The van der Waals surface area contributed by atoms with Crippen LogP contribution in [0.5, 0.6) is 0 Å². The van der Waals surface area contributed by atoms with Crippen LogP contribution in [-0.4, -0.2) is 55.8 Å². The van der Waals surface area contributed by atoms with Crippen LogP contribution in [0, 0.1) is 6.92 Å². The molecule has 1 heterocycles. The summed E-state index contributed by atoms with van der Waals surface area (Å²) in [5, 5.41) is 3.07. The highest BCUT2D eigenvalue weighted by Crippen LogP contribution is 2.19. The number of amides is 1. The van der Waals surface area contributed by atoms with Crippen LogP contribution in [0.25, 0.3) is 0 Å². The molecule has 1 fully saturated rings. The molecule has 1 aliphatic rings. The summed E-state index contributed by atoms with van der Waals surface area (Å²) in [5.41, 5.74) is 2.09. The Hall–Kier alpha value is -2.22. The van der Waals surface area contributed by atoms with E-state index in [2.05, 4.69) is 10.2 Å². The second kappa shape index (κ2) is 9.73. The number of benzene rings is 2. The van der Waals surface area contributed by atoms with Gasteiger partial charge in [0.05, 0.1) is 17.0 Å². The molecule has 0 aromatic heterocycles. The first-order valence-corrected chi connectivity index (χ1v) is 11.9. The Kier molecular flexibility index (Phi) is 7.28. The zero-order valence-corrected chi connectivity index (χ0v) is 18.7. The molecule has 1 aliphatic heterocycles. The molecule has 1 N–H and O–H groups in total. The van der Waals surface area contributed by atoms with Gasteiger partial charge in [-0.3, -0.25) is 9.69 Å². The van der Waals surface area contributed by atoms with E-state index >= 15 is 0 Å². The minimum absolute atomic E-state index is 0.0406. The third-order valence-corrected chi connectivity index (χ3v) is 7.65. The second-order valence-electron chi connectivity index (χ2n) is 7.92. The Labute approximate surface area is 179 Å². The summed E-state index contributed by atoms with van der Waals surface area (Å²) >= 11 is 0. The fraction of sp³-hybridized carbons (Fsp3) is 0.435. The van der Waals surface area contributed by atoms with Crippen molar-refractivity contribution >= 4 is 15.9 Å². The number of hydrogen-bond donors (Lipinski definition) is 1. The molecule has 162 valence electrons. The van der Waals surface area contributed by atoms with Crippen molar-refractivity contribution in [3.05, 3.63) is 65.7 Å². The van der Waals surface area contributed by atoms with Gasteiger partial charge >= 0.3 is 0 Å². The molecule has 1 amide bonds. The van der Waals surface area contributed by atoms with Crippen molar-refractivity contribution in [3.63, 3.8) is 0 Å². The van der Waals surface area contributed by atoms with E-state index in [1.54, 1.807) is 12.1 Å². The molecule has 0 saturated carbocycles. The first-order valence-electron chi connectivity index (χ1n) is 10.5. The number of rotatable bonds is 6. The Morgan fingerprint density at radius 1 is 0.933 bits per heavy atom. The molecule has 0 bridgehead atoms. The maximum Gasteiger partial charge on any atom is 0.243 e. The van der Waals surface area contributed by atoms with Gasteiger partial charge in [0.1, 0.15) is 0 Å². The predicted molar refractivity (Wildman–Crippen MR) is 119 cm³/mol. The summed E-state index contributed by atoms with van der Waals surface area (Å²) in [7, 11) is -3.52. The molecule has 0 radical (unpaired) electrons. The van der Waals surface area contributed by atoms with Crippen molar-refractivity contribution in [2.45, 2.75) is 44.2 Å². The number of nitrogens with one attached hydrogen (secondary N) is 1. The molecule has 2 aromatic carbocycles. The maximum absolute atomic E-state index is 13.0. The minimum Gasteiger partial charge on any atom is -0.348 e. The van der Waals surface area contributed by atoms with Crippen molar-refractivity contribution in [1.82, 2.24) is 14.5 Å². The zero-order valence-electron chi connectivity index (χ0n) is 17.9. The van der Waals surface area contributed by atoms with Crippen LogP contribution in [0.15, 0.2) is 59.5 Å². The van der Waals surface area contributed by atoms with Gasteiger partial charge in [0.2, 0.25) is 15.9 Å². The highest BCUT2D eigenvalue weighted by atomic mass is 32.2. The molecule has 0 unspecified atom stereocenters. The summed E-state index contributed by atoms with van der Waals surface area (Å²) in [4.78, 5) is 15.2. The van der Waals surface area contributed by atoms with E-state index in [0.717, 1.165) is 11.1 Å². The Morgan fingerprint density at radius 3 is 2.27 bits per heavy atom. The fourth-order valence-corrected chi connectivity index (χ4v) is 5.20. The summed E-state index contributed by atoms with van der Waals surface area (Å²) in [6.07, 6.45) is 0.691. The molecular weight excluding hydrogens is 398 g/mol. The molecule has 2 aromatic rings. The predicted octanol–water partition coefficient (Wildman–Crippen LogP) is 2.96. The number of aryl methyl sites for hydroxylation is 1. The van der Waals surface area contributed by atoms with E-state index in [0.29, 0.717) is 37.5 Å². The first kappa shape index (κ1) is 22.5. The fourth-order valence-electron chi connectivity index (χ4n) is 3.73. The van der Waals surface area contributed by atoms with Crippen LogP contribution in [0.2, 0.25) is 0 Å². The van der Waals surface area contributed by atoms with Crippen LogP contribution in [0.1, 0.15) is 37.4 Å². The molecular formula is C23H31N3O3S. The van der Waals surface area contributed by atoms with Crippen LogP contribution >= 0.6 is 0 Å². The third kappa shape index (κ3) is 5.28. The molecule has 0 aliphatic carbocycles. The lowest BCUT2D eigenvalue weighted by Gasteiger charge is -2.28. The number of carbonyl (C=O) groups excluding carboxylic acids is 1.